The summed E-state index contributed by atoms with van der Waals surface area (Å²) in [4.78, 5) is 11.1. The van der Waals surface area contributed by atoms with Crippen molar-refractivity contribution in [2.75, 3.05) is 18.2 Å². The monoisotopic (exact) mass is 319 g/mol. The SMILES string of the molecule is COc1nc(N)nc(Nc2ccc(Cl)cc2C(F)(F)F)n1. The van der Waals surface area contributed by atoms with Crippen LogP contribution in [0.4, 0.5) is 30.8 Å². The molecule has 6 nitrogen and oxygen atoms in total. The quantitative estimate of drug-likeness (QED) is 0.904. The van der Waals surface area contributed by atoms with E-state index in [1.165, 1.54) is 13.2 Å². The average Bonchev–Trinajstić information content (AvgIpc) is 2.39. The lowest BCUT2D eigenvalue weighted by Gasteiger charge is -2.14. The molecule has 0 saturated carbocycles. The fraction of sp³-hybridized carbons (Fsp3) is 0.182. The first-order valence-electron chi connectivity index (χ1n) is 5.49. The summed E-state index contributed by atoms with van der Waals surface area (Å²) in [5.41, 5.74) is 4.20. The van der Waals surface area contributed by atoms with Crippen LogP contribution in [0.25, 0.3) is 0 Å². The lowest BCUT2D eigenvalue weighted by atomic mass is 10.1. The molecule has 0 amide bonds. The molecule has 1 aromatic heterocycles. The Morgan fingerprint density at radius 3 is 2.57 bits per heavy atom. The van der Waals surface area contributed by atoms with Crippen LogP contribution in [0.15, 0.2) is 18.2 Å². The number of nitrogens with zero attached hydrogens (tertiary/aromatic N) is 3. The van der Waals surface area contributed by atoms with Crippen LogP contribution in [0.1, 0.15) is 5.56 Å². The molecule has 0 saturated heterocycles. The summed E-state index contributed by atoms with van der Waals surface area (Å²) in [7, 11) is 1.29. The van der Waals surface area contributed by atoms with Crippen LogP contribution in [-0.4, -0.2) is 22.1 Å². The van der Waals surface area contributed by atoms with E-state index in [0.29, 0.717) is 0 Å². The van der Waals surface area contributed by atoms with Crippen LogP contribution in [0.2, 0.25) is 5.02 Å². The van der Waals surface area contributed by atoms with Crippen molar-refractivity contribution in [1.82, 2.24) is 15.0 Å². The highest BCUT2D eigenvalue weighted by Gasteiger charge is 2.34. The lowest BCUT2D eigenvalue weighted by Crippen LogP contribution is -2.11. The van der Waals surface area contributed by atoms with Gasteiger partial charge in [0.05, 0.1) is 18.4 Å². The lowest BCUT2D eigenvalue weighted by molar-refractivity contribution is -0.136. The largest absolute Gasteiger partial charge is 0.467 e. The number of hydrogen-bond donors (Lipinski definition) is 2. The molecular formula is C11H9ClF3N5O. The van der Waals surface area contributed by atoms with Gasteiger partial charge in [-0.1, -0.05) is 11.6 Å². The van der Waals surface area contributed by atoms with E-state index in [-0.39, 0.29) is 28.6 Å². The molecule has 2 aromatic rings. The van der Waals surface area contributed by atoms with Crippen LogP contribution in [0.3, 0.4) is 0 Å². The number of ether oxygens (including phenoxy) is 1. The van der Waals surface area contributed by atoms with Crippen LogP contribution in [0, 0.1) is 0 Å². The maximum absolute atomic E-state index is 13.0. The zero-order chi connectivity index (χ0) is 15.6. The van der Waals surface area contributed by atoms with E-state index in [2.05, 4.69) is 20.3 Å². The van der Waals surface area contributed by atoms with Gasteiger partial charge in [-0.15, -0.1) is 0 Å². The van der Waals surface area contributed by atoms with E-state index in [1.54, 1.807) is 0 Å². The molecule has 2 rings (SSSR count). The Hall–Kier alpha value is -2.29. The van der Waals surface area contributed by atoms with Crippen LogP contribution >= 0.6 is 11.6 Å². The van der Waals surface area contributed by atoms with E-state index >= 15 is 0 Å². The second-order valence-corrected chi connectivity index (χ2v) is 4.25. The minimum Gasteiger partial charge on any atom is -0.467 e. The van der Waals surface area contributed by atoms with Gasteiger partial charge < -0.3 is 15.8 Å². The van der Waals surface area contributed by atoms with E-state index in [9.17, 15) is 13.2 Å². The number of halogens is 4. The molecule has 21 heavy (non-hydrogen) atoms. The number of benzene rings is 1. The highest BCUT2D eigenvalue weighted by atomic mass is 35.5. The first-order chi connectivity index (χ1) is 9.79. The molecule has 0 radical (unpaired) electrons. The number of anilines is 3. The van der Waals surface area contributed by atoms with Gasteiger partial charge in [0.25, 0.3) is 0 Å². The summed E-state index contributed by atoms with van der Waals surface area (Å²) < 4.78 is 43.6. The third-order valence-electron chi connectivity index (χ3n) is 2.35. The summed E-state index contributed by atoms with van der Waals surface area (Å²) in [5.74, 6) is -0.362. The number of aromatic nitrogens is 3. The Morgan fingerprint density at radius 2 is 1.95 bits per heavy atom. The van der Waals surface area contributed by atoms with E-state index < -0.39 is 11.7 Å². The third-order valence-corrected chi connectivity index (χ3v) is 2.58. The smallest absolute Gasteiger partial charge is 0.418 e. The fourth-order valence-electron chi connectivity index (χ4n) is 1.50. The molecular weight excluding hydrogens is 311 g/mol. The highest BCUT2D eigenvalue weighted by molar-refractivity contribution is 6.30. The molecule has 0 aliphatic carbocycles. The van der Waals surface area contributed by atoms with Crippen molar-refractivity contribution in [3.63, 3.8) is 0 Å². The second kappa shape index (κ2) is 5.60. The van der Waals surface area contributed by atoms with Gasteiger partial charge >= 0.3 is 12.2 Å². The Morgan fingerprint density at radius 1 is 1.24 bits per heavy atom. The van der Waals surface area contributed by atoms with Gasteiger partial charge in [0.1, 0.15) is 0 Å². The number of alkyl halides is 3. The summed E-state index contributed by atoms with van der Waals surface area (Å²) >= 11 is 5.59. The van der Waals surface area contributed by atoms with Gasteiger partial charge in [-0.05, 0) is 18.2 Å². The zero-order valence-corrected chi connectivity index (χ0v) is 11.3. The molecule has 1 heterocycles. The standard InChI is InChI=1S/C11H9ClF3N5O/c1-21-10-19-8(16)18-9(20-10)17-7-3-2-5(12)4-6(7)11(13,14)15/h2-4H,1H3,(H3,16,17,18,19,20). The van der Waals surface area contributed by atoms with Crippen molar-refractivity contribution in [1.29, 1.82) is 0 Å². The van der Waals surface area contributed by atoms with E-state index in [0.717, 1.165) is 12.1 Å². The molecule has 0 bridgehead atoms. The van der Waals surface area contributed by atoms with Crippen molar-refractivity contribution in [3.05, 3.63) is 28.8 Å². The summed E-state index contributed by atoms with van der Waals surface area (Å²) in [6.45, 7) is 0. The molecule has 0 aliphatic rings. The van der Waals surface area contributed by atoms with Crippen LogP contribution in [-0.2, 0) is 6.18 Å². The summed E-state index contributed by atoms with van der Waals surface area (Å²) in [6.07, 6.45) is -4.59. The van der Waals surface area contributed by atoms with E-state index in [1.807, 2.05) is 0 Å². The van der Waals surface area contributed by atoms with Gasteiger partial charge in [0.15, 0.2) is 0 Å². The molecule has 112 valence electrons. The second-order valence-electron chi connectivity index (χ2n) is 3.82. The first kappa shape index (κ1) is 15.1. The van der Waals surface area contributed by atoms with Crippen molar-refractivity contribution in [2.45, 2.75) is 6.18 Å². The maximum Gasteiger partial charge on any atom is 0.418 e. The summed E-state index contributed by atoms with van der Waals surface area (Å²) in [5, 5.41) is 2.38. The van der Waals surface area contributed by atoms with Crippen molar-refractivity contribution in [3.8, 4) is 6.01 Å². The number of nitrogens with two attached hydrogens (primary N) is 1. The minimum atomic E-state index is -4.59. The number of nitrogen functional groups attached to an aromatic ring is 1. The third kappa shape index (κ3) is 3.63. The molecule has 0 atom stereocenters. The van der Waals surface area contributed by atoms with Crippen molar-refractivity contribution >= 4 is 29.2 Å². The van der Waals surface area contributed by atoms with Gasteiger partial charge in [-0.3, -0.25) is 0 Å². The van der Waals surface area contributed by atoms with Crippen LogP contribution < -0.4 is 15.8 Å². The Labute approximate surface area is 122 Å². The Balaban J connectivity index is 2.42. The number of rotatable bonds is 3. The Bertz CT molecular complexity index is 665. The first-order valence-corrected chi connectivity index (χ1v) is 5.86. The molecule has 1 aromatic carbocycles. The predicted molar refractivity (Wildman–Crippen MR) is 70.5 cm³/mol. The van der Waals surface area contributed by atoms with Gasteiger partial charge in [0, 0.05) is 5.02 Å². The Kier molecular flexibility index (Phi) is 4.03. The topological polar surface area (TPSA) is 86.0 Å². The number of nitrogens with one attached hydrogen (secondary N) is 1. The van der Waals surface area contributed by atoms with Crippen molar-refractivity contribution < 1.29 is 17.9 Å². The molecule has 10 heteroatoms. The van der Waals surface area contributed by atoms with Gasteiger partial charge in [-0.2, -0.15) is 28.1 Å². The van der Waals surface area contributed by atoms with E-state index in [4.69, 9.17) is 22.1 Å². The van der Waals surface area contributed by atoms with Gasteiger partial charge in [0.2, 0.25) is 11.9 Å². The minimum absolute atomic E-state index is 0.0411. The molecule has 0 aliphatic heterocycles. The number of methoxy groups -OCH3 is 1. The van der Waals surface area contributed by atoms with Crippen LogP contribution in [0.5, 0.6) is 6.01 Å². The predicted octanol–water partition coefficient (Wildman–Crippen LogP) is 2.88. The van der Waals surface area contributed by atoms with Gasteiger partial charge in [-0.25, -0.2) is 0 Å². The van der Waals surface area contributed by atoms with Crippen molar-refractivity contribution in [2.24, 2.45) is 0 Å². The summed E-state index contributed by atoms with van der Waals surface area (Å²) in [6, 6.07) is 3.15. The average molecular weight is 320 g/mol. The zero-order valence-electron chi connectivity index (χ0n) is 10.6. The molecule has 0 spiro atoms. The molecule has 0 unspecified atom stereocenters. The molecule has 3 N–H and O–H groups in total. The highest BCUT2D eigenvalue weighted by Crippen LogP contribution is 2.37. The maximum atomic E-state index is 13.0. The fourth-order valence-corrected chi connectivity index (χ4v) is 1.67. The normalized spacial score (nSPS) is 11.3. The molecule has 0 fully saturated rings. The number of hydrogen-bond acceptors (Lipinski definition) is 6.